The third-order valence-corrected chi connectivity index (χ3v) is 6.16. The van der Waals surface area contributed by atoms with Gasteiger partial charge in [-0.15, -0.1) is 0 Å². The lowest BCUT2D eigenvalue weighted by atomic mass is 10.1. The molecule has 5 nitrogen and oxygen atoms in total. The first kappa shape index (κ1) is 15.4. The zero-order valence-corrected chi connectivity index (χ0v) is 13.7. The molecule has 118 valence electrons. The maximum absolute atomic E-state index is 13.1. The minimum Gasteiger partial charge on any atom is -0.313 e. The Hall–Kier alpha value is -1.50. The quantitative estimate of drug-likeness (QED) is 0.918. The van der Waals surface area contributed by atoms with Gasteiger partial charge in [0.05, 0.1) is 4.90 Å². The van der Waals surface area contributed by atoms with Crippen LogP contribution < -0.4 is 5.32 Å². The maximum atomic E-state index is 13.1. The fourth-order valence-electron chi connectivity index (χ4n) is 2.95. The predicted octanol–water partition coefficient (Wildman–Crippen LogP) is 1.92. The number of benzene rings is 1. The molecule has 3 rings (SSSR count). The van der Waals surface area contributed by atoms with Crippen molar-refractivity contribution in [3.8, 4) is 0 Å². The first-order valence-electron chi connectivity index (χ1n) is 7.57. The van der Waals surface area contributed by atoms with Crippen molar-refractivity contribution >= 4 is 20.8 Å². The van der Waals surface area contributed by atoms with Crippen molar-refractivity contribution in [1.29, 1.82) is 0 Å². The predicted molar refractivity (Wildman–Crippen MR) is 87.3 cm³/mol. The van der Waals surface area contributed by atoms with E-state index in [1.54, 1.807) is 28.8 Å². The Morgan fingerprint density at radius 1 is 1.27 bits per heavy atom. The Labute approximate surface area is 131 Å². The second kappa shape index (κ2) is 5.95. The van der Waals surface area contributed by atoms with Crippen LogP contribution in [0.5, 0.6) is 0 Å². The molecule has 2 heterocycles. The van der Waals surface area contributed by atoms with E-state index < -0.39 is 10.0 Å². The number of aromatic nitrogens is 1. The average Bonchev–Trinajstić information content (AvgIpc) is 2.72. The van der Waals surface area contributed by atoms with Crippen LogP contribution in [0.2, 0.25) is 0 Å². The highest BCUT2D eigenvalue weighted by molar-refractivity contribution is 7.89. The van der Waals surface area contributed by atoms with Crippen molar-refractivity contribution < 1.29 is 8.42 Å². The molecule has 1 fully saturated rings. The number of hydrogen-bond donors (Lipinski definition) is 1. The summed E-state index contributed by atoms with van der Waals surface area (Å²) in [6.45, 7) is 5.74. The highest BCUT2D eigenvalue weighted by atomic mass is 32.2. The largest absolute Gasteiger partial charge is 0.313 e. The highest BCUT2D eigenvalue weighted by Gasteiger charge is 2.28. The molecule has 1 saturated heterocycles. The molecular weight excluding hydrogens is 298 g/mol. The summed E-state index contributed by atoms with van der Waals surface area (Å²) >= 11 is 0. The molecule has 0 spiro atoms. The minimum atomic E-state index is -3.49. The van der Waals surface area contributed by atoms with Crippen LogP contribution in [0, 0.1) is 6.92 Å². The SMILES string of the molecule is Cc1cncc2cccc(S(=O)(=O)N3CCN[C@@H](C)CC3)c12. The number of aryl methyl sites for hydroxylation is 1. The van der Waals surface area contributed by atoms with Crippen LogP contribution in [-0.2, 0) is 10.0 Å². The van der Waals surface area contributed by atoms with E-state index in [-0.39, 0.29) is 0 Å². The van der Waals surface area contributed by atoms with Gasteiger partial charge in [0, 0.05) is 48.8 Å². The third-order valence-electron chi connectivity index (χ3n) is 4.22. The Kier molecular flexibility index (Phi) is 4.16. The van der Waals surface area contributed by atoms with E-state index in [9.17, 15) is 8.42 Å². The van der Waals surface area contributed by atoms with Crippen LogP contribution in [0.15, 0.2) is 35.5 Å². The average molecular weight is 319 g/mol. The molecule has 1 aliphatic heterocycles. The van der Waals surface area contributed by atoms with Gasteiger partial charge >= 0.3 is 0 Å². The van der Waals surface area contributed by atoms with E-state index in [0.29, 0.717) is 30.6 Å². The first-order valence-corrected chi connectivity index (χ1v) is 9.01. The molecule has 2 aromatic rings. The monoisotopic (exact) mass is 319 g/mol. The van der Waals surface area contributed by atoms with Crippen molar-refractivity contribution in [1.82, 2.24) is 14.6 Å². The lowest BCUT2D eigenvalue weighted by Gasteiger charge is -2.21. The zero-order valence-electron chi connectivity index (χ0n) is 12.9. The summed E-state index contributed by atoms with van der Waals surface area (Å²) in [5.41, 5.74) is 0.887. The van der Waals surface area contributed by atoms with Crippen LogP contribution in [0.4, 0.5) is 0 Å². The van der Waals surface area contributed by atoms with Gasteiger partial charge in [-0.2, -0.15) is 4.31 Å². The van der Waals surface area contributed by atoms with Gasteiger partial charge in [0.1, 0.15) is 0 Å². The fraction of sp³-hybridized carbons (Fsp3) is 0.438. The van der Waals surface area contributed by atoms with Gasteiger partial charge in [0.15, 0.2) is 0 Å². The molecule has 0 radical (unpaired) electrons. The molecule has 0 bridgehead atoms. The molecule has 0 unspecified atom stereocenters. The lowest BCUT2D eigenvalue weighted by molar-refractivity contribution is 0.429. The summed E-state index contributed by atoms with van der Waals surface area (Å²) < 4.78 is 27.8. The van der Waals surface area contributed by atoms with E-state index in [0.717, 1.165) is 22.8 Å². The van der Waals surface area contributed by atoms with E-state index >= 15 is 0 Å². The highest BCUT2D eigenvalue weighted by Crippen LogP contribution is 2.28. The van der Waals surface area contributed by atoms with Gasteiger partial charge in [-0.3, -0.25) is 4.98 Å². The number of sulfonamides is 1. The molecule has 0 saturated carbocycles. The molecule has 1 aromatic carbocycles. The van der Waals surface area contributed by atoms with Crippen molar-refractivity contribution in [2.75, 3.05) is 19.6 Å². The van der Waals surface area contributed by atoms with Crippen LogP contribution in [0.25, 0.3) is 10.8 Å². The molecule has 1 N–H and O–H groups in total. The molecule has 1 atom stereocenters. The van der Waals surface area contributed by atoms with Gasteiger partial charge < -0.3 is 5.32 Å². The molecule has 1 aliphatic rings. The lowest BCUT2D eigenvalue weighted by Crippen LogP contribution is -2.34. The van der Waals surface area contributed by atoms with Crippen molar-refractivity contribution in [2.45, 2.75) is 31.2 Å². The topological polar surface area (TPSA) is 62.3 Å². The van der Waals surface area contributed by atoms with E-state index in [1.165, 1.54) is 0 Å². The van der Waals surface area contributed by atoms with Crippen LogP contribution >= 0.6 is 0 Å². The summed E-state index contributed by atoms with van der Waals surface area (Å²) in [6.07, 6.45) is 4.26. The molecule has 0 aliphatic carbocycles. The van der Waals surface area contributed by atoms with Gasteiger partial charge in [0.2, 0.25) is 10.0 Å². The summed E-state index contributed by atoms with van der Waals surface area (Å²) in [5, 5.41) is 4.97. The Bertz CT molecular complexity index is 784. The number of fused-ring (bicyclic) bond motifs is 1. The Morgan fingerprint density at radius 3 is 2.91 bits per heavy atom. The second-order valence-corrected chi connectivity index (χ2v) is 7.76. The molecule has 22 heavy (non-hydrogen) atoms. The van der Waals surface area contributed by atoms with Gasteiger partial charge in [-0.25, -0.2) is 8.42 Å². The Morgan fingerprint density at radius 2 is 2.09 bits per heavy atom. The summed E-state index contributed by atoms with van der Waals surface area (Å²) in [7, 11) is -3.49. The van der Waals surface area contributed by atoms with Crippen molar-refractivity contribution in [3.05, 3.63) is 36.2 Å². The number of nitrogens with zero attached hydrogens (tertiary/aromatic N) is 2. The number of rotatable bonds is 2. The Balaban J connectivity index is 2.09. The van der Waals surface area contributed by atoms with Gasteiger partial charge in [-0.1, -0.05) is 12.1 Å². The van der Waals surface area contributed by atoms with Gasteiger partial charge in [-0.05, 0) is 31.9 Å². The molecule has 6 heteroatoms. The standard InChI is InChI=1S/C16H21N3O2S/c1-12-10-17-11-14-4-3-5-15(16(12)14)22(20,21)19-8-6-13(2)18-7-9-19/h3-5,10-11,13,18H,6-9H2,1-2H3/t13-/m0/s1. The van der Waals surface area contributed by atoms with E-state index in [1.807, 2.05) is 13.0 Å². The van der Waals surface area contributed by atoms with E-state index in [2.05, 4.69) is 17.2 Å². The second-order valence-electron chi connectivity index (χ2n) is 5.86. The summed E-state index contributed by atoms with van der Waals surface area (Å²) in [4.78, 5) is 4.54. The van der Waals surface area contributed by atoms with Crippen molar-refractivity contribution in [2.24, 2.45) is 0 Å². The summed E-state index contributed by atoms with van der Waals surface area (Å²) in [5.74, 6) is 0. The zero-order chi connectivity index (χ0) is 15.7. The van der Waals surface area contributed by atoms with Gasteiger partial charge in [0.25, 0.3) is 0 Å². The normalized spacial score (nSPS) is 20.9. The fourth-order valence-corrected chi connectivity index (χ4v) is 4.70. The molecule has 0 amide bonds. The first-order chi connectivity index (χ1) is 10.5. The number of hydrogen-bond acceptors (Lipinski definition) is 4. The molecule has 1 aromatic heterocycles. The van der Waals surface area contributed by atoms with E-state index in [4.69, 9.17) is 0 Å². The van der Waals surface area contributed by atoms with Crippen LogP contribution in [0.1, 0.15) is 18.9 Å². The summed E-state index contributed by atoms with van der Waals surface area (Å²) in [6, 6.07) is 5.74. The van der Waals surface area contributed by atoms with Crippen LogP contribution in [0.3, 0.4) is 0 Å². The maximum Gasteiger partial charge on any atom is 0.243 e. The smallest absolute Gasteiger partial charge is 0.243 e. The minimum absolute atomic E-state index is 0.346. The number of pyridine rings is 1. The van der Waals surface area contributed by atoms with Crippen molar-refractivity contribution in [3.63, 3.8) is 0 Å². The third kappa shape index (κ3) is 2.74. The molecular formula is C16H21N3O2S. The van der Waals surface area contributed by atoms with Crippen LogP contribution in [-0.4, -0.2) is 43.4 Å². The number of nitrogens with one attached hydrogen (secondary N) is 1.